The Morgan fingerprint density at radius 2 is 1.88 bits per heavy atom. The lowest BCUT2D eigenvalue weighted by atomic mass is 10.1. The van der Waals surface area contributed by atoms with E-state index >= 15 is 0 Å². The van der Waals surface area contributed by atoms with E-state index in [1.54, 1.807) is 12.1 Å². The first-order valence-corrected chi connectivity index (χ1v) is 5.90. The molecule has 88 valence electrons. The van der Waals surface area contributed by atoms with Crippen molar-refractivity contribution in [3.63, 3.8) is 0 Å². The quantitative estimate of drug-likeness (QED) is 0.851. The molecule has 0 spiro atoms. The zero-order chi connectivity index (χ0) is 11.4. The van der Waals surface area contributed by atoms with Crippen LogP contribution in [0.5, 0.6) is 0 Å². The second kappa shape index (κ2) is 5.41. The average molecular weight is 223 g/mol. The van der Waals surface area contributed by atoms with E-state index in [2.05, 4.69) is 0 Å². The fourth-order valence-corrected chi connectivity index (χ4v) is 2.20. The number of hydrogen-bond acceptors (Lipinski definition) is 2. The van der Waals surface area contributed by atoms with Gasteiger partial charge in [-0.25, -0.2) is 4.39 Å². The average Bonchev–Trinajstić information content (AvgIpc) is 2.80. The number of rotatable bonds is 4. The zero-order valence-corrected chi connectivity index (χ0v) is 9.36. The molecule has 0 aliphatic heterocycles. The second-order valence-corrected chi connectivity index (χ2v) is 4.32. The Morgan fingerprint density at radius 3 is 2.44 bits per heavy atom. The van der Waals surface area contributed by atoms with Crippen molar-refractivity contribution in [2.75, 3.05) is 6.54 Å². The lowest BCUT2D eigenvalue weighted by Crippen LogP contribution is -2.20. The van der Waals surface area contributed by atoms with Gasteiger partial charge in [0.2, 0.25) is 0 Å². The van der Waals surface area contributed by atoms with Crippen LogP contribution in [0.4, 0.5) is 4.39 Å². The molecule has 0 saturated heterocycles. The molecule has 2 N–H and O–H groups in total. The highest BCUT2D eigenvalue weighted by atomic mass is 19.1. The number of halogens is 1. The molecule has 1 aromatic rings. The third-order valence-corrected chi connectivity index (χ3v) is 3.11. The van der Waals surface area contributed by atoms with Gasteiger partial charge in [0.05, 0.1) is 12.2 Å². The Balaban J connectivity index is 2.00. The zero-order valence-electron chi connectivity index (χ0n) is 9.36. The molecule has 0 bridgehead atoms. The fraction of sp³-hybridized carbons (Fsp3) is 0.538. The van der Waals surface area contributed by atoms with Crippen LogP contribution in [0.1, 0.15) is 37.4 Å². The standard InChI is InChI=1S/C13H18FNO/c14-11-7-5-10(6-8-11)13(9-15)16-12-3-1-2-4-12/h5-8,12-13H,1-4,9,15H2. The summed E-state index contributed by atoms with van der Waals surface area (Å²) < 4.78 is 18.7. The number of benzene rings is 1. The summed E-state index contributed by atoms with van der Waals surface area (Å²) in [6.07, 6.45) is 4.97. The van der Waals surface area contributed by atoms with Gasteiger partial charge in [0.25, 0.3) is 0 Å². The molecular formula is C13H18FNO. The van der Waals surface area contributed by atoms with Crippen LogP contribution in [0.2, 0.25) is 0 Å². The Labute approximate surface area is 95.6 Å². The van der Waals surface area contributed by atoms with Gasteiger partial charge >= 0.3 is 0 Å². The van der Waals surface area contributed by atoms with E-state index < -0.39 is 0 Å². The molecule has 1 aliphatic rings. The number of hydrogen-bond donors (Lipinski definition) is 1. The molecule has 1 aliphatic carbocycles. The van der Waals surface area contributed by atoms with Crippen LogP contribution >= 0.6 is 0 Å². The van der Waals surface area contributed by atoms with E-state index in [4.69, 9.17) is 10.5 Å². The highest BCUT2D eigenvalue weighted by molar-refractivity contribution is 5.19. The number of nitrogens with two attached hydrogens (primary N) is 1. The van der Waals surface area contributed by atoms with Crippen molar-refractivity contribution in [2.45, 2.75) is 37.9 Å². The van der Waals surface area contributed by atoms with Crippen LogP contribution in [0, 0.1) is 5.82 Å². The molecule has 1 fully saturated rings. The fourth-order valence-electron chi connectivity index (χ4n) is 2.20. The summed E-state index contributed by atoms with van der Waals surface area (Å²) in [7, 11) is 0. The monoisotopic (exact) mass is 223 g/mol. The molecule has 1 aromatic carbocycles. The normalized spacial score (nSPS) is 18.9. The summed E-state index contributed by atoms with van der Waals surface area (Å²) in [5.41, 5.74) is 6.67. The van der Waals surface area contributed by atoms with Crippen molar-refractivity contribution in [3.8, 4) is 0 Å². The van der Waals surface area contributed by atoms with Crippen LogP contribution in [0.25, 0.3) is 0 Å². The van der Waals surface area contributed by atoms with Crippen molar-refractivity contribution >= 4 is 0 Å². The maximum absolute atomic E-state index is 12.8. The minimum Gasteiger partial charge on any atom is -0.369 e. The van der Waals surface area contributed by atoms with Crippen LogP contribution < -0.4 is 5.73 Å². The van der Waals surface area contributed by atoms with E-state index in [1.807, 2.05) is 0 Å². The lowest BCUT2D eigenvalue weighted by Gasteiger charge is -2.21. The van der Waals surface area contributed by atoms with Crippen molar-refractivity contribution in [1.29, 1.82) is 0 Å². The molecule has 3 heteroatoms. The first-order chi connectivity index (χ1) is 7.79. The molecule has 2 nitrogen and oxygen atoms in total. The third kappa shape index (κ3) is 2.80. The summed E-state index contributed by atoms with van der Waals surface area (Å²) in [5.74, 6) is -0.222. The minimum atomic E-state index is -0.222. The SMILES string of the molecule is NCC(OC1CCCC1)c1ccc(F)cc1. The molecule has 1 unspecified atom stereocenters. The molecule has 1 saturated carbocycles. The first-order valence-electron chi connectivity index (χ1n) is 5.90. The van der Waals surface area contributed by atoms with Crippen molar-refractivity contribution < 1.29 is 9.13 Å². The van der Waals surface area contributed by atoms with Crippen LogP contribution in [0.3, 0.4) is 0 Å². The predicted molar refractivity (Wildman–Crippen MR) is 61.5 cm³/mol. The van der Waals surface area contributed by atoms with Crippen LogP contribution in [-0.4, -0.2) is 12.6 Å². The van der Waals surface area contributed by atoms with Gasteiger partial charge in [0.1, 0.15) is 5.82 Å². The van der Waals surface area contributed by atoms with E-state index in [9.17, 15) is 4.39 Å². The number of ether oxygens (including phenoxy) is 1. The summed E-state index contributed by atoms with van der Waals surface area (Å²) in [6.45, 7) is 0.447. The maximum Gasteiger partial charge on any atom is 0.123 e. The second-order valence-electron chi connectivity index (χ2n) is 4.32. The molecule has 0 aromatic heterocycles. The molecule has 2 rings (SSSR count). The van der Waals surface area contributed by atoms with Gasteiger partial charge in [-0.2, -0.15) is 0 Å². The van der Waals surface area contributed by atoms with Crippen molar-refractivity contribution in [3.05, 3.63) is 35.6 Å². The smallest absolute Gasteiger partial charge is 0.123 e. The van der Waals surface area contributed by atoms with E-state index in [0.29, 0.717) is 12.6 Å². The van der Waals surface area contributed by atoms with E-state index in [1.165, 1.54) is 25.0 Å². The molecule has 0 heterocycles. The topological polar surface area (TPSA) is 35.2 Å². The molecule has 0 amide bonds. The summed E-state index contributed by atoms with van der Waals surface area (Å²) in [4.78, 5) is 0. The van der Waals surface area contributed by atoms with Gasteiger partial charge in [-0.05, 0) is 30.5 Å². The van der Waals surface area contributed by atoms with Gasteiger partial charge in [-0.1, -0.05) is 25.0 Å². The molecule has 1 atom stereocenters. The Kier molecular flexibility index (Phi) is 3.91. The lowest BCUT2D eigenvalue weighted by molar-refractivity contribution is -0.00439. The van der Waals surface area contributed by atoms with Crippen LogP contribution in [-0.2, 0) is 4.74 Å². The Bertz CT molecular complexity index is 319. The van der Waals surface area contributed by atoms with Crippen molar-refractivity contribution in [2.24, 2.45) is 5.73 Å². The highest BCUT2D eigenvalue weighted by Gasteiger charge is 2.20. The van der Waals surface area contributed by atoms with E-state index in [0.717, 1.165) is 18.4 Å². The van der Waals surface area contributed by atoms with Gasteiger partial charge in [0, 0.05) is 6.54 Å². The molecule has 0 radical (unpaired) electrons. The minimum absolute atomic E-state index is 0.0938. The molecular weight excluding hydrogens is 205 g/mol. The van der Waals surface area contributed by atoms with Gasteiger partial charge < -0.3 is 10.5 Å². The Morgan fingerprint density at radius 1 is 1.25 bits per heavy atom. The first kappa shape index (κ1) is 11.6. The largest absolute Gasteiger partial charge is 0.369 e. The van der Waals surface area contributed by atoms with E-state index in [-0.39, 0.29) is 11.9 Å². The van der Waals surface area contributed by atoms with Gasteiger partial charge in [-0.15, -0.1) is 0 Å². The van der Waals surface area contributed by atoms with Crippen LogP contribution in [0.15, 0.2) is 24.3 Å². The predicted octanol–water partition coefficient (Wildman–Crippen LogP) is 2.78. The maximum atomic E-state index is 12.8. The Hall–Kier alpha value is -0.930. The van der Waals surface area contributed by atoms with Gasteiger partial charge in [-0.3, -0.25) is 0 Å². The van der Waals surface area contributed by atoms with Gasteiger partial charge in [0.15, 0.2) is 0 Å². The summed E-state index contributed by atoms with van der Waals surface area (Å²) >= 11 is 0. The highest BCUT2D eigenvalue weighted by Crippen LogP contribution is 2.27. The summed E-state index contributed by atoms with van der Waals surface area (Å²) in [5, 5.41) is 0. The summed E-state index contributed by atoms with van der Waals surface area (Å²) in [6, 6.07) is 6.41. The third-order valence-electron chi connectivity index (χ3n) is 3.11. The van der Waals surface area contributed by atoms with Crippen molar-refractivity contribution in [1.82, 2.24) is 0 Å². The molecule has 16 heavy (non-hydrogen) atoms.